The number of aliphatic imine (C=N–C) groups is 1. The molecule has 0 bridgehead atoms. The summed E-state index contributed by atoms with van der Waals surface area (Å²) in [7, 11) is -2.99. The predicted molar refractivity (Wildman–Crippen MR) is 107 cm³/mol. The molecule has 1 unspecified atom stereocenters. The fourth-order valence-electron chi connectivity index (χ4n) is 3.56. The molecule has 1 atom stereocenters. The Bertz CT molecular complexity index is 602. The van der Waals surface area contributed by atoms with Gasteiger partial charge < -0.3 is 20.3 Å². The molecule has 0 aromatic heterocycles. The minimum atomic E-state index is -2.99. The van der Waals surface area contributed by atoms with Crippen LogP contribution in [-0.4, -0.2) is 82.6 Å². The van der Waals surface area contributed by atoms with Crippen LogP contribution in [0.4, 0.5) is 0 Å². The summed E-state index contributed by atoms with van der Waals surface area (Å²) in [6.45, 7) is 5.31. The molecule has 1 heterocycles. The lowest BCUT2D eigenvalue weighted by atomic mass is 10.1. The normalized spacial score (nSPS) is 21.6. The average molecular weight is 403 g/mol. The molecule has 1 saturated carbocycles. The number of carbonyl (C=O) groups excluding carboxylic acids is 1. The van der Waals surface area contributed by atoms with Crippen LogP contribution in [0, 0.1) is 5.92 Å². The molecular formula is C18H34N4O4S. The van der Waals surface area contributed by atoms with E-state index in [-0.39, 0.29) is 24.3 Å². The Morgan fingerprint density at radius 2 is 1.96 bits per heavy atom. The summed E-state index contributed by atoms with van der Waals surface area (Å²) in [4.78, 5) is 19.0. The topological polar surface area (TPSA) is 100 Å². The van der Waals surface area contributed by atoms with Gasteiger partial charge in [0.05, 0.1) is 25.5 Å². The van der Waals surface area contributed by atoms with E-state index >= 15 is 0 Å². The van der Waals surface area contributed by atoms with E-state index in [1.807, 2.05) is 11.8 Å². The third kappa shape index (κ3) is 8.04. The van der Waals surface area contributed by atoms with E-state index in [1.165, 1.54) is 19.1 Å². The van der Waals surface area contributed by atoms with E-state index < -0.39 is 9.84 Å². The lowest BCUT2D eigenvalue weighted by Gasteiger charge is -2.21. The zero-order valence-electron chi connectivity index (χ0n) is 16.6. The molecule has 0 aromatic carbocycles. The molecule has 2 N–H and O–H groups in total. The van der Waals surface area contributed by atoms with Crippen molar-refractivity contribution < 1.29 is 17.9 Å². The van der Waals surface area contributed by atoms with Gasteiger partial charge in [0.1, 0.15) is 9.84 Å². The van der Waals surface area contributed by atoms with E-state index in [4.69, 9.17) is 4.74 Å². The number of rotatable bonds is 9. The number of hydrogen-bond donors (Lipinski definition) is 2. The van der Waals surface area contributed by atoms with Crippen molar-refractivity contribution in [2.75, 3.05) is 51.4 Å². The fourth-order valence-corrected chi connectivity index (χ4v) is 3.98. The fraction of sp³-hybridized carbons (Fsp3) is 0.889. The minimum Gasteiger partial charge on any atom is -0.378 e. The largest absolute Gasteiger partial charge is 0.378 e. The lowest BCUT2D eigenvalue weighted by molar-refractivity contribution is -0.134. The standard InChI is InChI=1S/C18H34N4O4S/c1-3-19-18(20-9-11-26-12-13-27(2,24)25)21-16-8-10-22(14-16)17(23)15-6-4-5-7-15/h15-16H,3-14H2,1-2H3,(H2,19,20,21). The maximum Gasteiger partial charge on any atom is 0.225 e. The van der Waals surface area contributed by atoms with Crippen molar-refractivity contribution in [1.29, 1.82) is 0 Å². The maximum absolute atomic E-state index is 12.5. The molecule has 0 spiro atoms. The summed E-state index contributed by atoms with van der Waals surface area (Å²) in [5.41, 5.74) is 0. The Kier molecular flexibility index (Phi) is 8.82. The second-order valence-corrected chi connectivity index (χ2v) is 9.66. The molecule has 2 fully saturated rings. The van der Waals surface area contributed by atoms with E-state index in [0.717, 1.165) is 38.9 Å². The molecule has 8 nitrogen and oxygen atoms in total. The molecule has 1 aliphatic carbocycles. The Morgan fingerprint density at radius 3 is 2.63 bits per heavy atom. The Labute approximate surface area is 163 Å². The van der Waals surface area contributed by atoms with Crippen LogP contribution in [0.1, 0.15) is 39.0 Å². The van der Waals surface area contributed by atoms with Crippen molar-refractivity contribution in [3.63, 3.8) is 0 Å². The van der Waals surface area contributed by atoms with E-state index in [9.17, 15) is 13.2 Å². The van der Waals surface area contributed by atoms with Gasteiger partial charge in [-0.2, -0.15) is 0 Å². The van der Waals surface area contributed by atoms with Gasteiger partial charge in [0.2, 0.25) is 5.91 Å². The average Bonchev–Trinajstić information content (AvgIpc) is 3.28. The van der Waals surface area contributed by atoms with Crippen molar-refractivity contribution in [2.24, 2.45) is 10.9 Å². The number of likely N-dealkylation sites (tertiary alicyclic amines) is 1. The highest BCUT2D eigenvalue weighted by molar-refractivity contribution is 7.90. The Balaban J connectivity index is 1.72. The monoisotopic (exact) mass is 402 g/mol. The first-order valence-corrected chi connectivity index (χ1v) is 12.0. The SMILES string of the molecule is CCNC(=NCCOCCS(C)(=O)=O)NC1CCN(C(=O)C2CCCC2)C1. The van der Waals surface area contributed by atoms with Crippen molar-refractivity contribution >= 4 is 21.7 Å². The summed E-state index contributed by atoms with van der Waals surface area (Å²) >= 11 is 0. The van der Waals surface area contributed by atoms with Crippen LogP contribution >= 0.6 is 0 Å². The number of amides is 1. The lowest BCUT2D eigenvalue weighted by Crippen LogP contribution is -2.45. The van der Waals surface area contributed by atoms with Crippen LogP contribution < -0.4 is 10.6 Å². The third-order valence-electron chi connectivity index (χ3n) is 4.99. The first kappa shape index (κ1) is 21.9. The molecule has 1 aliphatic heterocycles. The number of nitrogens with zero attached hydrogens (tertiary/aromatic N) is 2. The number of ether oxygens (including phenoxy) is 1. The molecule has 27 heavy (non-hydrogen) atoms. The van der Waals surface area contributed by atoms with Crippen molar-refractivity contribution in [3.05, 3.63) is 0 Å². The highest BCUT2D eigenvalue weighted by Gasteiger charge is 2.32. The van der Waals surface area contributed by atoms with Gasteiger partial charge in [-0.3, -0.25) is 9.79 Å². The zero-order chi connectivity index (χ0) is 19.7. The van der Waals surface area contributed by atoms with Crippen molar-refractivity contribution in [3.8, 4) is 0 Å². The second-order valence-electron chi connectivity index (χ2n) is 7.40. The summed E-state index contributed by atoms with van der Waals surface area (Å²) in [6, 6.07) is 0.208. The van der Waals surface area contributed by atoms with Gasteiger partial charge in [-0.25, -0.2) is 8.42 Å². The van der Waals surface area contributed by atoms with Crippen LogP contribution in [0.5, 0.6) is 0 Å². The quantitative estimate of drug-likeness (QED) is 0.329. The van der Waals surface area contributed by atoms with Crippen molar-refractivity contribution in [2.45, 2.75) is 45.1 Å². The smallest absolute Gasteiger partial charge is 0.225 e. The summed E-state index contributed by atoms with van der Waals surface area (Å²) in [5.74, 6) is 1.29. The first-order chi connectivity index (χ1) is 12.9. The second kappa shape index (κ2) is 10.8. The number of hydrogen-bond acceptors (Lipinski definition) is 5. The summed E-state index contributed by atoms with van der Waals surface area (Å²) in [6.07, 6.45) is 6.55. The number of guanidine groups is 1. The molecule has 0 aromatic rings. The number of carbonyl (C=O) groups is 1. The van der Waals surface area contributed by atoms with Gasteiger partial charge in [-0.15, -0.1) is 0 Å². The maximum atomic E-state index is 12.5. The Hall–Kier alpha value is -1.35. The van der Waals surface area contributed by atoms with Gasteiger partial charge in [-0.1, -0.05) is 12.8 Å². The van der Waals surface area contributed by atoms with E-state index in [2.05, 4.69) is 15.6 Å². The van der Waals surface area contributed by atoms with Gasteiger partial charge in [0.15, 0.2) is 5.96 Å². The highest BCUT2D eigenvalue weighted by Crippen LogP contribution is 2.27. The molecule has 2 aliphatic rings. The van der Waals surface area contributed by atoms with Gasteiger partial charge in [-0.05, 0) is 26.2 Å². The van der Waals surface area contributed by atoms with Gasteiger partial charge in [0.25, 0.3) is 0 Å². The molecule has 156 valence electrons. The van der Waals surface area contributed by atoms with Crippen LogP contribution in [0.3, 0.4) is 0 Å². The van der Waals surface area contributed by atoms with Crippen molar-refractivity contribution in [1.82, 2.24) is 15.5 Å². The predicted octanol–water partition coefficient (Wildman–Crippen LogP) is 0.394. The van der Waals surface area contributed by atoms with Gasteiger partial charge >= 0.3 is 0 Å². The van der Waals surface area contributed by atoms with Crippen LogP contribution in [0.2, 0.25) is 0 Å². The van der Waals surface area contributed by atoms with Crippen LogP contribution in [0.25, 0.3) is 0 Å². The molecule has 2 rings (SSSR count). The molecular weight excluding hydrogens is 368 g/mol. The summed E-state index contributed by atoms with van der Waals surface area (Å²) < 4.78 is 27.4. The van der Waals surface area contributed by atoms with E-state index in [1.54, 1.807) is 0 Å². The number of sulfone groups is 1. The number of nitrogens with one attached hydrogen (secondary N) is 2. The first-order valence-electron chi connectivity index (χ1n) is 9.98. The molecule has 1 amide bonds. The van der Waals surface area contributed by atoms with Crippen LogP contribution in [0.15, 0.2) is 4.99 Å². The highest BCUT2D eigenvalue weighted by atomic mass is 32.2. The zero-order valence-corrected chi connectivity index (χ0v) is 17.4. The summed E-state index contributed by atoms with van der Waals surface area (Å²) in [5, 5.41) is 6.61. The third-order valence-corrected chi connectivity index (χ3v) is 5.90. The minimum absolute atomic E-state index is 0.0297. The molecule has 1 saturated heterocycles. The van der Waals surface area contributed by atoms with Crippen LogP contribution in [-0.2, 0) is 19.4 Å². The molecule has 0 radical (unpaired) electrons. The van der Waals surface area contributed by atoms with Gasteiger partial charge in [0, 0.05) is 37.8 Å². The molecule has 9 heteroatoms. The Morgan fingerprint density at radius 1 is 1.22 bits per heavy atom. The van der Waals surface area contributed by atoms with E-state index in [0.29, 0.717) is 25.0 Å².